The van der Waals surface area contributed by atoms with E-state index in [4.69, 9.17) is 14.2 Å². The van der Waals surface area contributed by atoms with E-state index in [2.05, 4.69) is 19.9 Å². The van der Waals surface area contributed by atoms with Crippen LogP contribution in [0.4, 0.5) is 0 Å². The minimum absolute atomic E-state index is 0.218. The summed E-state index contributed by atoms with van der Waals surface area (Å²) in [4.78, 5) is 0. The molecular weight excluding hydrogens is 312 g/mol. The van der Waals surface area contributed by atoms with Crippen molar-refractivity contribution >= 4 is 0 Å². The number of fused-ring (bicyclic) bond motifs is 6. The summed E-state index contributed by atoms with van der Waals surface area (Å²) in [5.41, 5.74) is 2.33. The highest BCUT2D eigenvalue weighted by atomic mass is 16.7. The number of hydrogen-bond acceptors (Lipinski definition) is 3. The Labute approximate surface area is 152 Å². The van der Waals surface area contributed by atoms with Gasteiger partial charge in [-0.2, -0.15) is 0 Å². The SMILES string of the molecule is CO[C@H]1CC[C@@]2(C)C(=CC[C@@H]3[C@@H]2CC[C@@]2(C)[C@H]3CCC23OCCO3)C1. The quantitative estimate of drug-likeness (QED) is 0.644. The molecule has 4 fully saturated rings. The predicted octanol–water partition coefficient (Wildman–Crippen LogP) is 4.71. The molecule has 1 heterocycles. The number of allylic oxidation sites excluding steroid dienone is 1. The van der Waals surface area contributed by atoms with Gasteiger partial charge >= 0.3 is 0 Å². The highest BCUT2D eigenvalue weighted by Gasteiger charge is 2.66. The standard InChI is InChI=1S/C22H34O3/c1-20-9-6-16(23-3)14-15(20)4-5-17-18(20)7-10-21(2)19(17)8-11-22(21)24-12-13-25-22/h4,16-19H,5-14H2,1-3H3/t16-,17+,18-,19-,20-,21-/m0/s1. The number of hydrogen-bond donors (Lipinski definition) is 0. The maximum absolute atomic E-state index is 6.26. The zero-order valence-corrected chi connectivity index (χ0v) is 16.2. The van der Waals surface area contributed by atoms with Gasteiger partial charge in [-0.15, -0.1) is 0 Å². The lowest BCUT2D eigenvalue weighted by molar-refractivity contribution is -0.242. The molecule has 1 saturated heterocycles. The van der Waals surface area contributed by atoms with E-state index in [9.17, 15) is 0 Å². The number of ether oxygens (including phenoxy) is 3. The summed E-state index contributed by atoms with van der Waals surface area (Å²) in [5.74, 6) is 2.17. The summed E-state index contributed by atoms with van der Waals surface area (Å²) in [6.45, 7) is 6.63. The Morgan fingerprint density at radius 2 is 1.76 bits per heavy atom. The predicted molar refractivity (Wildman–Crippen MR) is 97.1 cm³/mol. The van der Waals surface area contributed by atoms with E-state index in [1.165, 1.54) is 38.5 Å². The van der Waals surface area contributed by atoms with Gasteiger partial charge < -0.3 is 14.2 Å². The van der Waals surface area contributed by atoms with Gasteiger partial charge in [-0.05, 0) is 68.1 Å². The van der Waals surface area contributed by atoms with Gasteiger partial charge in [0.25, 0.3) is 0 Å². The molecule has 1 aliphatic heterocycles. The van der Waals surface area contributed by atoms with Gasteiger partial charge in [0.1, 0.15) is 0 Å². The summed E-state index contributed by atoms with van der Waals surface area (Å²) in [5, 5.41) is 0. The lowest BCUT2D eigenvalue weighted by Gasteiger charge is -2.58. The van der Waals surface area contributed by atoms with Gasteiger partial charge in [0.2, 0.25) is 0 Å². The molecule has 1 spiro atoms. The van der Waals surface area contributed by atoms with Crippen molar-refractivity contribution in [2.45, 2.75) is 77.1 Å². The first-order valence-electron chi connectivity index (χ1n) is 10.5. The molecule has 0 N–H and O–H groups in total. The Bertz CT molecular complexity index is 578. The van der Waals surface area contributed by atoms with Crippen LogP contribution >= 0.6 is 0 Å². The molecule has 0 amide bonds. The van der Waals surface area contributed by atoms with Crippen LogP contribution < -0.4 is 0 Å². The van der Waals surface area contributed by atoms with Crippen LogP contribution in [-0.2, 0) is 14.2 Å². The van der Waals surface area contributed by atoms with Crippen molar-refractivity contribution in [3.63, 3.8) is 0 Å². The molecule has 140 valence electrons. The lowest BCUT2D eigenvalue weighted by atomic mass is 9.47. The van der Waals surface area contributed by atoms with E-state index in [1.54, 1.807) is 5.57 Å². The van der Waals surface area contributed by atoms with Crippen LogP contribution in [0, 0.1) is 28.6 Å². The third kappa shape index (κ3) is 2.09. The Morgan fingerprint density at radius 1 is 1.00 bits per heavy atom. The fourth-order valence-corrected chi connectivity index (χ4v) is 7.71. The van der Waals surface area contributed by atoms with E-state index < -0.39 is 0 Å². The summed E-state index contributed by atoms with van der Waals surface area (Å²) >= 11 is 0. The molecule has 3 saturated carbocycles. The van der Waals surface area contributed by atoms with Crippen molar-refractivity contribution in [3.05, 3.63) is 11.6 Å². The van der Waals surface area contributed by atoms with E-state index in [1.807, 2.05) is 7.11 Å². The van der Waals surface area contributed by atoms with Crippen LogP contribution in [0.5, 0.6) is 0 Å². The second kappa shape index (κ2) is 5.56. The van der Waals surface area contributed by atoms with Crippen molar-refractivity contribution < 1.29 is 14.2 Å². The fraction of sp³-hybridized carbons (Fsp3) is 0.909. The molecule has 3 heteroatoms. The van der Waals surface area contributed by atoms with Crippen LogP contribution in [0.25, 0.3) is 0 Å². The topological polar surface area (TPSA) is 27.7 Å². The van der Waals surface area contributed by atoms with E-state index in [0.717, 1.165) is 43.8 Å². The van der Waals surface area contributed by atoms with E-state index in [-0.39, 0.29) is 11.2 Å². The van der Waals surface area contributed by atoms with Crippen molar-refractivity contribution in [1.82, 2.24) is 0 Å². The molecule has 6 atom stereocenters. The molecular formula is C22H34O3. The Morgan fingerprint density at radius 3 is 2.52 bits per heavy atom. The van der Waals surface area contributed by atoms with E-state index >= 15 is 0 Å². The number of methoxy groups -OCH3 is 1. The van der Waals surface area contributed by atoms with Gasteiger partial charge in [0.05, 0.1) is 19.3 Å². The molecule has 0 aromatic rings. The maximum Gasteiger partial charge on any atom is 0.174 e. The van der Waals surface area contributed by atoms with Gasteiger partial charge in [-0.25, -0.2) is 0 Å². The van der Waals surface area contributed by atoms with Crippen molar-refractivity contribution in [2.24, 2.45) is 28.6 Å². The second-order valence-electron chi connectivity index (χ2n) is 9.80. The van der Waals surface area contributed by atoms with Crippen molar-refractivity contribution in [2.75, 3.05) is 20.3 Å². The average Bonchev–Trinajstić information content (AvgIpc) is 3.21. The molecule has 0 aromatic heterocycles. The van der Waals surface area contributed by atoms with Gasteiger partial charge in [0, 0.05) is 18.9 Å². The first kappa shape index (κ1) is 16.8. The van der Waals surface area contributed by atoms with Gasteiger partial charge in [-0.3, -0.25) is 0 Å². The van der Waals surface area contributed by atoms with E-state index in [0.29, 0.717) is 11.5 Å². The Balaban J connectivity index is 1.46. The summed E-state index contributed by atoms with van der Waals surface area (Å²) in [6, 6.07) is 0. The van der Waals surface area contributed by atoms with Crippen LogP contribution in [0.1, 0.15) is 65.2 Å². The summed E-state index contributed by atoms with van der Waals surface area (Å²) in [6.07, 6.45) is 13.0. The van der Waals surface area contributed by atoms with Gasteiger partial charge in [-0.1, -0.05) is 25.5 Å². The maximum atomic E-state index is 6.26. The smallest absolute Gasteiger partial charge is 0.174 e. The molecule has 0 aromatic carbocycles. The van der Waals surface area contributed by atoms with Crippen LogP contribution in [0.15, 0.2) is 11.6 Å². The molecule has 3 nitrogen and oxygen atoms in total. The molecule has 25 heavy (non-hydrogen) atoms. The monoisotopic (exact) mass is 346 g/mol. The van der Waals surface area contributed by atoms with Crippen molar-refractivity contribution in [1.29, 1.82) is 0 Å². The minimum Gasteiger partial charge on any atom is -0.381 e. The fourth-order valence-electron chi connectivity index (χ4n) is 7.71. The largest absolute Gasteiger partial charge is 0.381 e. The zero-order valence-electron chi connectivity index (χ0n) is 16.2. The van der Waals surface area contributed by atoms with Crippen molar-refractivity contribution in [3.8, 4) is 0 Å². The Kier molecular flexibility index (Phi) is 3.73. The van der Waals surface area contributed by atoms with Gasteiger partial charge in [0.15, 0.2) is 5.79 Å². The number of rotatable bonds is 1. The molecule has 5 rings (SSSR count). The molecule has 0 bridgehead atoms. The van der Waals surface area contributed by atoms with Crippen LogP contribution in [-0.4, -0.2) is 32.2 Å². The normalized spacial score (nSPS) is 50.9. The molecule has 4 aliphatic carbocycles. The highest BCUT2D eigenvalue weighted by molar-refractivity contribution is 5.26. The second-order valence-corrected chi connectivity index (χ2v) is 9.80. The highest BCUT2D eigenvalue weighted by Crippen LogP contribution is 2.68. The average molecular weight is 347 g/mol. The Hall–Kier alpha value is -0.380. The van der Waals surface area contributed by atoms with Crippen LogP contribution in [0.3, 0.4) is 0 Å². The zero-order chi connectivity index (χ0) is 17.3. The summed E-state index contributed by atoms with van der Waals surface area (Å²) in [7, 11) is 1.88. The lowest BCUT2D eigenvalue weighted by Crippen LogP contribution is -2.55. The molecule has 5 aliphatic rings. The van der Waals surface area contributed by atoms with Crippen LogP contribution in [0.2, 0.25) is 0 Å². The summed E-state index contributed by atoms with van der Waals surface area (Å²) < 4.78 is 18.2. The molecule has 0 radical (unpaired) electrons. The molecule has 0 unspecified atom stereocenters. The first-order valence-corrected chi connectivity index (χ1v) is 10.5. The third-order valence-electron chi connectivity index (χ3n) is 9.19. The first-order chi connectivity index (χ1) is 12.0. The third-order valence-corrected chi connectivity index (χ3v) is 9.19. The minimum atomic E-state index is -0.263.